The summed E-state index contributed by atoms with van der Waals surface area (Å²) in [4.78, 5) is 5.70. The third kappa shape index (κ3) is 6.84. The largest absolute Gasteiger partial charge is 0.309 e. The normalized spacial score (nSPS) is 11.9. The first kappa shape index (κ1) is 42.8. The summed E-state index contributed by atoms with van der Waals surface area (Å²) in [6.07, 6.45) is 8.00. The second kappa shape index (κ2) is 17.9. The van der Waals surface area contributed by atoms with Crippen molar-refractivity contribution in [2.45, 2.75) is 27.7 Å². The van der Waals surface area contributed by atoms with Crippen LogP contribution in [0.1, 0.15) is 27.7 Å². The summed E-state index contributed by atoms with van der Waals surface area (Å²) in [7, 11) is 0. The predicted octanol–water partition coefficient (Wildman–Crippen LogP) is 18.7. The van der Waals surface area contributed by atoms with E-state index in [2.05, 4.69) is 220 Å². The van der Waals surface area contributed by atoms with E-state index in [0.717, 1.165) is 44.9 Å². The Morgan fingerprint density at radius 1 is 0.343 bits per heavy atom. The maximum atomic E-state index is 5.70. The van der Waals surface area contributed by atoms with Gasteiger partial charge in [-0.25, -0.2) is 4.98 Å². The first-order chi connectivity index (χ1) is 34.6. The first-order valence-corrected chi connectivity index (χ1v) is 24.9. The minimum Gasteiger partial charge on any atom is -0.309 e. The molecule has 0 saturated heterocycles. The number of imidazole rings is 1. The van der Waals surface area contributed by atoms with Crippen molar-refractivity contribution >= 4 is 108 Å². The molecular formula is C65H50N4S. The fraction of sp³-hybridized carbons (Fsp3) is 0.0615. The van der Waals surface area contributed by atoms with Gasteiger partial charge in [0.05, 0.1) is 33.1 Å². The number of hydrogen-bond donors (Lipinski definition) is 0. The highest BCUT2D eigenvalue weighted by Crippen LogP contribution is 2.45. The molecule has 0 aliphatic carbocycles. The van der Waals surface area contributed by atoms with Gasteiger partial charge in [0.15, 0.2) is 0 Å². The van der Waals surface area contributed by atoms with Crippen molar-refractivity contribution in [1.29, 1.82) is 0 Å². The van der Waals surface area contributed by atoms with Crippen LogP contribution in [0, 0.1) is 0 Å². The molecule has 0 radical (unpaired) electrons. The van der Waals surface area contributed by atoms with Crippen LogP contribution in [0.3, 0.4) is 0 Å². The van der Waals surface area contributed by atoms with E-state index < -0.39 is 0 Å². The molecule has 0 aliphatic heterocycles. The van der Waals surface area contributed by atoms with E-state index in [0.29, 0.717) is 0 Å². The van der Waals surface area contributed by atoms with Gasteiger partial charge >= 0.3 is 0 Å². The van der Waals surface area contributed by atoms with Crippen molar-refractivity contribution in [1.82, 2.24) is 18.7 Å². The molecule has 4 aromatic heterocycles. The van der Waals surface area contributed by atoms with Gasteiger partial charge in [0.2, 0.25) is 0 Å². The summed E-state index contributed by atoms with van der Waals surface area (Å²) in [6.45, 7) is 8.00. The van der Waals surface area contributed by atoms with Crippen molar-refractivity contribution in [3.05, 3.63) is 231 Å². The Bertz CT molecular complexity index is 4330. The van der Waals surface area contributed by atoms with E-state index >= 15 is 0 Å². The molecule has 0 atom stereocenters. The lowest BCUT2D eigenvalue weighted by Crippen LogP contribution is -2.01. The van der Waals surface area contributed by atoms with Gasteiger partial charge in [-0.1, -0.05) is 164 Å². The van der Waals surface area contributed by atoms with Gasteiger partial charge in [0.1, 0.15) is 5.82 Å². The van der Waals surface area contributed by atoms with Gasteiger partial charge in [-0.15, -0.1) is 11.3 Å². The zero-order valence-corrected chi connectivity index (χ0v) is 40.5. The molecule has 5 heteroatoms. The number of allylic oxidation sites excluding steroid dienone is 4. The second-order valence-corrected chi connectivity index (χ2v) is 18.7. The molecule has 0 N–H and O–H groups in total. The van der Waals surface area contributed by atoms with E-state index in [9.17, 15) is 0 Å². The average Bonchev–Trinajstić information content (AvgIpc) is 4.19. The SMILES string of the molecule is C/C=C\C.C/C=C\C.c1ccc(-n2c3ccccc3c3cc4c(cc32)c2ccccc2n4-c2cccc(-n3c(-c4cccc5c4sc4ccccc45)nc4c5ccccc5c5ccccc5c43)c2)cc1. The maximum absolute atomic E-state index is 5.70. The topological polar surface area (TPSA) is 27.7 Å². The summed E-state index contributed by atoms with van der Waals surface area (Å²) in [5.74, 6) is 0.938. The lowest BCUT2D eigenvalue weighted by atomic mass is 10.00. The summed E-state index contributed by atoms with van der Waals surface area (Å²) in [6, 6.07) is 75.3. The van der Waals surface area contributed by atoms with Crippen LogP contribution < -0.4 is 0 Å². The molecule has 0 aliphatic rings. The minimum absolute atomic E-state index is 0.938. The molecule has 4 nitrogen and oxygen atoms in total. The molecule has 0 unspecified atom stereocenters. The van der Waals surface area contributed by atoms with Crippen LogP contribution in [0.15, 0.2) is 231 Å². The van der Waals surface area contributed by atoms with Gasteiger partial charge in [-0.2, -0.15) is 0 Å². The molecule has 0 saturated carbocycles. The minimum atomic E-state index is 0.938. The number of nitrogens with zero attached hydrogens (tertiary/aromatic N) is 4. The third-order valence-electron chi connectivity index (χ3n) is 13.7. The van der Waals surface area contributed by atoms with Crippen molar-refractivity contribution in [2.75, 3.05) is 0 Å². The fourth-order valence-corrected chi connectivity index (χ4v) is 11.6. The van der Waals surface area contributed by atoms with Crippen LogP contribution >= 0.6 is 11.3 Å². The number of benzene rings is 10. The third-order valence-corrected chi connectivity index (χ3v) is 14.9. The zero-order chi connectivity index (χ0) is 47.3. The van der Waals surface area contributed by atoms with Crippen LogP contribution in [0.25, 0.3) is 125 Å². The first-order valence-electron chi connectivity index (χ1n) is 24.1. The van der Waals surface area contributed by atoms with Crippen molar-refractivity contribution < 1.29 is 0 Å². The van der Waals surface area contributed by atoms with Crippen LogP contribution in [0.2, 0.25) is 0 Å². The number of aromatic nitrogens is 4. The standard InChI is InChI=1S/C57H34N4S.2C4H8/c1-2-16-35(17-3-1)59-49-29-11-8-22-40(49)47-34-52-48(33-51(47)59)41-23-9-12-30-50(41)60(52)36-18-14-19-37(32-36)61-55-44-26-7-5-21-39(44)38-20-4-6-25-43(38)54(55)58-57(61)46-28-15-27-45-42-24-10-13-31-53(42)62-56(45)46;2*1-3-4-2/h1-34H;2*3-4H,1-2H3/b;2*4-3-. The van der Waals surface area contributed by atoms with Crippen molar-refractivity contribution in [3.63, 3.8) is 0 Å². The van der Waals surface area contributed by atoms with Crippen LogP contribution in [-0.2, 0) is 0 Å². The fourth-order valence-electron chi connectivity index (χ4n) is 10.4. The highest BCUT2D eigenvalue weighted by Gasteiger charge is 2.24. The molecule has 4 heterocycles. The highest BCUT2D eigenvalue weighted by molar-refractivity contribution is 7.26. The molecule has 70 heavy (non-hydrogen) atoms. The molecule has 0 fully saturated rings. The highest BCUT2D eigenvalue weighted by atomic mass is 32.1. The lowest BCUT2D eigenvalue weighted by Gasteiger charge is -2.15. The summed E-state index contributed by atoms with van der Waals surface area (Å²) < 4.78 is 9.83. The quantitative estimate of drug-likeness (QED) is 0.128. The Labute approximate surface area is 410 Å². The Hall–Kier alpha value is -8.51. The number of fused-ring (bicyclic) bond motifs is 15. The molecule has 0 bridgehead atoms. The Morgan fingerprint density at radius 2 is 0.800 bits per heavy atom. The predicted molar refractivity (Wildman–Crippen MR) is 304 cm³/mol. The molecule has 14 aromatic rings. The summed E-state index contributed by atoms with van der Waals surface area (Å²) >= 11 is 1.85. The van der Waals surface area contributed by atoms with Gasteiger partial charge in [0, 0.05) is 75.1 Å². The Morgan fingerprint density at radius 3 is 1.43 bits per heavy atom. The lowest BCUT2D eigenvalue weighted by molar-refractivity contribution is 1.09. The molecular weight excluding hydrogens is 869 g/mol. The van der Waals surface area contributed by atoms with Crippen LogP contribution in [0.5, 0.6) is 0 Å². The second-order valence-electron chi connectivity index (χ2n) is 17.6. The van der Waals surface area contributed by atoms with Crippen molar-refractivity contribution in [2.24, 2.45) is 0 Å². The number of thiophene rings is 1. The smallest absolute Gasteiger partial charge is 0.147 e. The monoisotopic (exact) mass is 918 g/mol. The van der Waals surface area contributed by atoms with Crippen molar-refractivity contribution in [3.8, 4) is 28.5 Å². The number of rotatable bonds is 4. The van der Waals surface area contributed by atoms with E-state index in [1.165, 1.54) is 79.9 Å². The van der Waals surface area contributed by atoms with Crippen LogP contribution in [0.4, 0.5) is 0 Å². The number of para-hydroxylation sites is 3. The Kier molecular flexibility index (Phi) is 10.9. The van der Waals surface area contributed by atoms with Gasteiger partial charge in [-0.3, -0.25) is 4.57 Å². The van der Waals surface area contributed by atoms with Gasteiger partial charge in [0.25, 0.3) is 0 Å². The van der Waals surface area contributed by atoms with E-state index in [1.54, 1.807) is 0 Å². The molecule has 0 spiro atoms. The molecule has 336 valence electrons. The maximum Gasteiger partial charge on any atom is 0.147 e. The molecule has 10 aromatic carbocycles. The molecule has 0 amide bonds. The van der Waals surface area contributed by atoms with E-state index in [-0.39, 0.29) is 0 Å². The van der Waals surface area contributed by atoms with E-state index in [4.69, 9.17) is 4.98 Å². The summed E-state index contributed by atoms with van der Waals surface area (Å²) in [5.41, 5.74) is 11.3. The van der Waals surface area contributed by atoms with E-state index in [1.807, 2.05) is 63.3 Å². The Balaban J connectivity index is 0.000000590. The number of hydrogen-bond acceptors (Lipinski definition) is 2. The molecule has 14 rings (SSSR count). The zero-order valence-electron chi connectivity index (χ0n) is 39.6. The van der Waals surface area contributed by atoms with Gasteiger partial charge in [-0.05, 0) is 105 Å². The summed E-state index contributed by atoms with van der Waals surface area (Å²) in [5, 5.41) is 12.2. The van der Waals surface area contributed by atoms with Crippen LogP contribution in [-0.4, -0.2) is 18.7 Å². The average molecular weight is 919 g/mol. The van der Waals surface area contributed by atoms with Gasteiger partial charge < -0.3 is 9.13 Å².